The van der Waals surface area contributed by atoms with Crippen LogP contribution < -0.4 is 4.74 Å². The van der Waals surface area contributed by atoms with Crippen molar-refractivity contribution in [2.24, 2.45) is 23.7 Å². The molecule has 0 radical (unpaired) electrons. The van der Waals surface area contributed by atoms with Crippen LogP contribution in [-0.4, -0.2) is 50.8 Å². The van der Waals surface area contributed by atoms with Crippen molar-refractivity contribution in [3.05, 3.63) is 94.1 Å². The fourth-order valence-corrected chi connectivity index (χ4v) is 11.3. The molecule has 1 heterocycles. The van der Waals surface area contributed by atoms with Crippen LogP contribution in [0.25, 0.3) is 0 Å². The molecule has 1 aliphatic heterocycles. The smallest absolute Gasteiger partial charge is 0.316 e. The molecule has 0 aromatic heterocycles. The van der Waals surface area contributed by atoms with Crippen molar-refractivity contribution in [3.8, 4) is 5.75 Å². The normalized spacial score (nSPS) is 32.1. The number of ether oxygens (including phenoxy) is 2. The maximum atomic E-state index is 14.7. The first-order valence-electron chi connectivity index (χ1n) is 14.5. The zero-order valence-corrected chi connectivity index (χ0v) is 25.3. The Kier molecular flexibility index (Phi) is 6.53. The predicted octanol–water partition coefficient (Wildman–Crippen LogP) is 3.62. The Morgan fingerprint density at radius 2 is 1.36 bits per heavy atom. The van der Waals surface area contributed by atoms with Crippen LogP contribution in [0.2, 0.25) is 0 Å². The number of halogens is 4. The quantitative estimate of drug-likeness (QED) is 0.0967. The highest BCUT2D eigenvalue weighted by atomic mass is 32.2. The Morgan fingerprint density at radius 3 is 1.91 bits per heavy atom. The van der Waals surface area contributed by atoms with Crippen LogP contribution in [0.3, 0.4) is 0 Å². The van der Waals surface area contributed by atoms with Crippen molar-refractivity contribution in [1.82, 2.24) is 0 Å². The van der Waals surface area contributed by atoms with Gasteiger partial charge in [0, 0.05) is 23.7 Å². The van der Waals surface area contributed by atoms with E-state index in [9.17, 15) is 48.5 Å². The zero-order chi connectivity index (χ0) is 33.3. The molecule has 9 rings (SSSR count). The molecular weight excluding hydrogens is 672 g/mol. The second kappa shape index (κ2) is 10.1. The third-order valence-corrected chi connectivity index (χ3v) is 13.0. The van der Waals surface area contributed by atoms with E-state index in [1.807, 2.05) is 48.5 Å². The maximum absolute atomic E-state index is 14.7. The Morgan fingerprint density at radius 1 is 0.809 bits per heavy atom. The fraction of sp³-hybridized carbons (Fsp3) is 0.355. The summed E-state index contributed by atoms with van der Waals surface area (Å²) in [5.41, 5.74) is 4.09. The number of hydrogen-bond donors (Lipinski definition) is 0. The summed E-state index contributed by atoms with van der Waals surface area (Å²) in [4.78, 5) is 24.8. The lowest BCUT2D eigenvalue weighted by atomic mass is 9.59. The average molecular weight is 694 g/mol. The molecule has 0 N–H and O–H groups in total. The minimum Gasteiger partial charge on any atom is -0.744 e. The molecule has 7 unspecified atom stereocenters. The summed E-state index contributed by atoms with van der Waals surface area (Å²) in [6.45, 7) is 0. The van der Waals surface area contributed by atoms with Crippen LogP contribution in [0.5, 0.6) is 5.75 Å². The summed E-state index contributed by atoms with van der Waals surface area (Å²) >= 11 is 0. The summed E-state index contributed by atoms with van der Waals surface area (Å²) in [5.74, 6) is -19.4. The van der Waals surface area contributed by atoms with Gasteiger partial charge in [-0.05, 0) is 35.1 Å². The monoisotopic (exact) mass is 693 g/mol. The van der Waals surface area contributed by atoms with Crippen LogP contribution >= 0.6 is 0 Å². The topological polar surface area (TPSA) is 153 Å². The van der Waals surface area contributed by atoms with E-state index in [4.69, 9.17) is 8.92 Å². The van der Waals surface area contributed by atoms with Gasteiger partial charge in [-0.1, -0.05) is 48.5 Å². The van der Waals surface area contributed by atoms with Gasteiger partial charge in [0.15, 0.2) is 11.6 Å². The van der Waals surface area contributed by atoms with E-state index < -0.39 is 107 Å². The van der Waals surface area contributed by atoms with E-state index in [1.165, 1.54) is 0 Å². The van der Waals surface area contributed by atoms with E-state index >= 15 is 0 Å². The molecular formula is C31H21F4O10S2-. The highest BCUT2D eigenvalue weighted by molar-refractivity contribution is 7.87. The highest BCUT2D eigenvalue weighted by Crippen LogP contribution is 2.60. The molecule has 3 aromatic carbocycles. The molecule has 16 heteroatoms. The van der Waals surface area contributed by atoms with Gasteiger partial charge in [0.05, 0.1) is 11.8 Å². The number of carbonyl (C=O) groups excluding carboxylic acids is 2. The second-order valence-electron chi connectivity index (χ2n) is 12.4. The molecule has 6 aliphatic rings. The van der Waals surface area contributed by atoms with Crippen LogP contribution in [0, 0.1) is 46.9 Å². The fourth-order valence-electron chi connectivity index (χ4n) is 8.61. The van der Waals surface area contributed by atoms with E-state index in [-0.39, 0.29) is 18.3 Å². The number of esters is 2. The molecule has 3 aromatic rings. The second-order valence-corrected chi connectivity index (χ2v) is 15.5. The summed E-state index contributed by atoms with van der Waals surface area (Å²) in [6, 6.07) is 15.4. The van der Waals surface area contributed by atoms with Gasteiger partial charge in [0.25, 0.3) is 10.1 Å². The zero-order valence-electron chi connectivity index (χ0n) is 23.6. The largest absolute Gasteiger partial charge is 0.744 e. The summed E-state index contributed by atoms with van der Waals surface area (Å²) in [5, 5.41) is -1.58. The molecule has 0 spiro atoms. The van der Waals surface area contributed by atoms with Crippen molar-refractivity contribution >= 4 is 32.2 Å². The van der Waals surface area contributed by atoms with Crippen molar-refractivity contribution in [1.29, 1.82) is 0 Å². The molecule has 47 heavy (non-hydrogen) atoms. The summed E-state index contributed by atoms with van der Waals surface area (Å²) < 4.78 is 133. The van der Waals surface area contributed by atoms with Crippen molar-refractivity contribution in [3.63, 3.8) is 0 Å². The Labute approximate surface area is 264 Å². The van der Waals surface area contributed by atoms with Crippen LogP contribution in [0.4, 0.5) is 17.6 Å². The first-order valence-corrected chi connectivity index (χ1v) is 17.4. The average Bonchev–Trinajstić information content (AvgIpc) is 3.64. The molecule has 2 saturated carbocycles. The summed E-state index contributed by atoms with van der Waals surface area (Å²) in [7, 11) is -10.5. The third kappa shape index (κ3) is 4.20. The van der Waals surface area contributed by atoms with Gasteiger partial charge in [-0.2, -0.15) is 17.2 Å². The molecule has 7 atom stereocenters. The van der Waals surface area contributed by atoms with E-state index in [0.717, 1.165) is 22.3 Å². The van der Waals surface area contributed by atoms with Gasteiger partial charge in [-0.3, -0.25) is 13.8 Å². The van der Waals surface area contributed by atoms with E-state index in [1.54, 1.807) is 0 Å². The van der Waals surface area contributed by atoms with Gasteiger partial charge in [0.1, 0.15) is 32.5 Å². The SMILES string of the molecule is O=C(OC1C2CC3C1OS(=O)(=O)C3C2C(=O)Oc1c(F)c(F)c(S(=O)(=O)[O-])c(F)c1F)C1CC2c3ccccc3C1c1ccccc12. The standard InChI is InChI=1S/C31H22F4O10S2/c32-21-23(34)29(46(38,39)40)24(35)22(33)27(21)44-31(37)20-16-10-18-26(45-47(41,42)28(18)20)25(16)43-30(36)17-9-15-11-5-1-3-7-13(11)19(17)14-8-4-2-6-12(14)15/h1-8,15-20,25-26,28H,9-10H2,(H,38,39,40)/p-1. The lowest BCUT2D eigenvalue weighted by Gasteiger charge is -2.45. The van der Waals surface area contributed by atoms with E-state index in [0.29, 0.717) is 6.42 Å². The predicted molar refractivity (Wildman–Crippen MR) is 147 cm³/mol. The molecule has 0 amide bonds. The number of rotatable bonds is 5. The number of fused-ring (bicyclic) bond motifs is 2. The maximum Gasteiger partial charge on any atom is 0.316 e. The van der Waals surface area contributed by atoms with Crippen molar-refractivity contribution < 1.29 is 62.2 Å². The highest BCUT2D eigenvalue weighted by Gasteiger charge is 2.72. The molecule has 1 saturated heterocycles. The van der Waals surface area contributed by atoms with Gasteiger partial charge in [-0.15, -0.1) is 0 Å². The molecule has 4 bridgehead atoms. The number of carbonyl (C=O) groups is 2. The van der Waals surface area contributed by atoms with Gasteiger partial charge in [-0.25, -0.2) is 17.2 Å². The molecule has 5 aliphatic carbocycles. The minimum atomic E-state index is -6.03. The number of hydrogen-bond acceptors (Lipinski definition) is 10. The molecule has 10 nitrogen and oxygen atoms in total. The lowest BCUT2D eigenvalue weighted by Crippen LogP contribution is -2.48. The first kappa shape index (κ1) is 30.5. The van der Waals surface area contributed by atoms with Gasteiger partial charge >= 0.3 is 11.9 Å². The molecule has 3 fully saturated rings. The first-order chi connectivity index (χ1) is 22.2. The Balaban J connectivity index is 1.10. The van der Waals surface area contributed by atoms with Crippen LogP contribution in [0.1, 0.15) is 46.9 Å². The minimum absolute atomic E-state index is 0.0181. The van der Waals surface area contributed by atoms with Crippen molar-refractivity contribution in [2.75, 3.05) is 0 Å². The van der Waals surface area contributed by atoms with Gasteiger partial charge < -0.3 is 14.0 Å². The summed E-state index contributed by atoms with van der Waals surface area (Å²) in [6.07, 6.45) is -2.05. The van der Waals surface area contributed by atoms with Crippen LogP contribution in [0.15, 0.2) is 53.4 Å². The van der Waals surface area contributed by atoms with E-state index in [2.05, 4.69) is 4.74 Å². The Hall–Kier alpha value is -3.86. The van der Waals surface area contributed by atoms with Gasteiger partial charge in [0.2, 0.25) is 17.4 Å². The van der Waals surface area contributed by atoms with Crippen LogP contribution in [-0.2, 0) is 38.7 Å². The van der Waals surface area contributed by atoms with Crippen molar-refractivity contribution in [2.45, 2.75) is 47.0 Å². The number of benzene rings is 3. The third-order valence-electron chi connectivity index (χ3n) is 10.3. The Bertz CT molecular complexity index is 2060. The molecule has 246 valence electrons. The lowest BCUT2D eigenvalue weighted by molar-refractivity contribution is -0.166.